The molecule has 0 saturated heterocycles. The van der Waals surface area contributed by atoms with E-state index in [9.17, 15) is 8.78 Å². The highest BCUT2D eigenvalue weighted by atomic mass is 35.5. The Morgan fingerprint density at radius 3 is 2.50 bits per heavy atom. The molecule has 0 atom stereocenters. The second-order valence-corrected chi connectivity index (χ2v) is 4.03. The van der Waals surface area contributed by atoms with E-state index in [0.717, 1.165) is 12.1 Å². The zero-order chi connectivity index (χ0) is 13.3. The first kappa shape index (κ1) is 12.7. The Labute approximate surface area is 107 Å². The third-order valence-corrected chi connectivity index (χ3v) is 2.63. The van der Waals surface area contributed by atoms with Gasteiger partial charge in [-0.15, -0.1) is 0 Å². The quantitative estimate of drug-likeness (QED) is 0.778. The molecule has 1 heterocycles. The number of aryl methyl sites for hydroxylation is 1. The van der Waals surface area contributed by atoms with Crippen LogP contribution >= 0.6 is 11.6 Å². The maximum atomic E-state index is 13.0. The van der Waals surface area contributed by atoms with Gasteiger partial charge in [0.2, 0.25) is 5.88 Å². The van der Waals surface area contributed by atoms with Gasteiger partial charge in [0.15, 0.2) is 11.6 Å². The molecule has 0 bridgehead atoms. The second kappa shape index (κ2) is 4.86. The van der Waals surface area contributed by atoms with Gasteiger partial charge in [0, 0.05) is 11.6 Å². The van der Waals surface area contributed by atoms with Crippen molar-refractivity contribution < 1.29 is 13.5 Å². The Morgan fingerprint density at radius 1 is 1.11 bits per heavy atom. The van der Waals surface area contributed by atoms with Crippen molar-refractivity contribution in [2.24, 2.45) is 0 Å². The van der Waals surface area contributed by atoms with E-state index in [-0.39, 0.29) is 16.8 Å². The first-order chi connectivity index (χ1) is 8.47. The molecule has 18 heavy (non-hydrogen) atoms. The lowest BCUT2D eigenvalue weighted by molar-refractivity contribution is 0.442. The van der Waals surface area contributed by atoms with Crippen molar-refractivity contribution in [3.05, 3.63) is 46.4 Å². The van der Waals surface area contributed by atoms with Gasteiger partial charge in [-0.2, -0.15) is 4.98 Å². The van der Waals surface area contributed by atoms with Crippen LogP contribution in [0.3, 0.4) is 0 Å². The molecular formula is C12H9ClF2N2O. The number of hydrogen-bond acceptors (Lipinski definition) is 3. The highest BCUT2D eigenvalue weighted by Gasteiger charge is 2.11. The van der Waals surface area contributed by atoms with Gasteiger partial charge in [-0.1, -0.05) is 11.6 Å². The van der Waals surface area contributed by atoms with Crippen LogP contribution in [0.5, 0.6) is 11.6 Å². The highest BCUT2D eigenvalue weighted by molar-refractivity contribution is 6.30. The molecule has 0 amide bonds. The van der Waals surface area contributed by atoms with Crippen LogP contribution in [0.2, 0.25) is 5.15 Å². The summed E-state index contributed by atoms with van der Waals surface area (Å²) in [4.78, 5) is 7.99. The molecule has 0 aliphatic rings. The van der Waals surface area contributed by atoms with E-state index in [1.165, 1.54) is 6.07 Å². The van der Waals surface area contributed by atoms with Crippen LogP contribution in [-0.4, -0.2) is 9.97 Å². The van der Waals surface area contributed by atoms with Crippen LogP contribution in [0.1, 0.15) is 11.4 Å². The van der Waals surface area contributed by atoms with Gasteiger partial charge in [-0.25, -0.2) is 13.8 Å². The van der Waals surface area contributed by atoms with Gasteiger partial charge in [0.25, 0.3) is 0 Å². The molecule has 0 aliphatic heterocycles. The van der Waals surface area contributed by atoms with Crippen LogP contribution in [-0.2, 0) is 0 Å². The molecule has 0 N–H and O–H groups in total. The van der Waals surface area contributed by atoms with Crippen molar-refractivity contribution in [2.75, 3.05) is 0 Å². The number of hydrogen-bond donors (Lipinski definition) is 0. The normalized spacial score (nSPS) is 10.5. The molecular weight excluding hydrogens is 262 g/mol. The summed E-state index contributed by atoms with van der Waals surface area (Å²) in [5, 5.41) is 0.264. The third-order valence-electron chi connectivity index (χ3n) is 2.26. The van der Waals surface area contributed by atoms with Crippen molar-refractivity contribution in [1.82, 2.24) is 9.97 Å². The fourth-order valence-corrected chi connectivity index (χ4v) is 1.52. The van der Waals surface area contributed by atoms with Crippen LogP contribution in [0.15, 0.2) is 18.2 Å². The lowest BCUT2D eigenvalue weighted by Crippen LogP contribution is -1.98. The summed E-state index contributed by atoms with van der Waals surface area (Å²) in [6, 6.07) is 3.24. The van der Waals surface area contributed by atoms with E-state index in [0.29, 0.717) is 11.4 Å². The monoisotopic (exact) mass is 270 g/mol. The van der Waals surface area contributed by atoms with E-state index < -0.39 is 11.6 Å². The Balaban J connectivity index is 2.36. The largest absolute Gasteiger partial charge is 0.438 e. The van der Waals surface area contributed by atoms with Crippen LogP contribution in [0, 0.1) is 25.5 Å². The SMILES string of the molecule is Cc1nc(Cl)c(C)c(Oc2ccc(F)c(F)c2)n1. The first-order valence-corrected chi connectivity index (χ1v) is 5.49. The minimum Gasteiger partial charge on any atom is -0.438 e. The maximum absolute atomic E-state index is 13.0. The Morgan fingerprint density at radius 2 is 1.83 bits per heavy atom. The minimum absolute atomic E-state index is 0.145. The molecule has 0 fully saturated rings. The molecule has 0 spiro atoms. The predicted molar refractivity (Wildman–Crippen MR) is 62.9 cm³/mol. The van der Waals surface area contributed by atoms with Gasteiger partial charge in [-0.05, 0) is 26.0 Å². The maximum Gasteiger partial charge on any atom is 0.226 e. The lowest BCUT2D eigenvalue weighted by Gasteiger charge is -2.09. The molecule has 3 nitrogen and oxygen atoms in total. The average molecular weight is 271 g/mol. The summed E-state index contributed by atoms with van der Waals surface area (Å²) >= 11 is 5.88. The number of ether oxygens (including phenoxy) is 1. The molecule has 0 saturated carbocycles. The van der Waals surface area contributed by atoms with E-state index in [1.807, 2.05) is 0 Å². The van der Waals surface area contributed by atoms with Gasteiger partial charge in [-0.3, -0.25) is 0 Å². The fraction of sp³-hybridized carbons (Fsp3) is 0.167. The van der Waals surface area contributed by atoms with Crippen molar-refractivity contribution in [3.63, 3.8) is 0 Å². The molecule has 0 radical (unpaired) electrons. The van der Waals surface area contributed by atoms with Crippen molar-refractivity contribution in [1.29, 1.82) is 0 Å². The molecule has 94 valence electrons. The molecule has 2 rings (SSSR count). The summed E-state index contributed by atoms with van der Waals surface area (Å²) in [7, 11) is 0. The lowest BCUT2D eigenvalue weighted by atomic mass is 10.3. The van der Waals surface area contributed by atoms with E-state index >= 15 is 0 Å². The van der Waals surface area contributed by atoms with Crippen molar-refractivity contribution in [3.8, 4) is 11.6 Å². The summed E-state index contributed by atoms with van der Waals surface area (Å²) in [6.45, 7) is 3.33. The topological polar surface area (TPSA) is 35.0 Å². The molecule has 0 unspecified atom stereocenters. The van der Waals surface area contributed by atoms with E-state index in [1.54, 1.807) is 13.8 Å². The Bertz CT molecular complexity index is 605. The first-order valence-electron chi connectivity index (χ1n) is 5.11. The van der Waals surface area contributed by atoms with E-state index in [4.69, 9.17) is 16.3 Å². The van der Waals surface area contributed by atoms with Gasteiger partial charge >= 0.3 is 0 Å². The Kier molecular flexibility index (Phi) is 3.43. The molecule has 1 aromatic heterocycles. The molecule has 6 heteroatoms. The zero-order valence-electron chi connectivity index (χ0n) is 9.67. The van der Waals surface area contributed by atoms with Crippen LogP contribution in [0.4, 0.5) is 8.78 Å². The second-order valence-electron chi connectivity index (χ2n) is 3.67. The number of nitrogens with zero attached hydrogens (tertiary/aromatic N) is 2. The van der Waals surface area contributed by atoms with Crippen LogP contribution < -0.4 is 4.74 Å². The fourth-order valence-electron chi connectivity index (χ4n) is 1.32. The zero-order valence-corrected chi connectivity index (χ0v) is 10.4. The number of rotatable bonds is 2. The molecule has 0 aliphatic carbocycles. The summed E-state index contributed by atoms with van der Waals surface area (Å²) in [6.07, 6.45) is 0. The predicted octanol–water partition coefficient (Wildman–Crippen LogP) is 3.82. The van der Waals surface area contributed by atoms with Crippen LogP contribution in [0.25, 0.3) is 0 Å². The summed E-state index contributed by atoms with van der Waals surface area (Å²) < 4.78 is 31.2. The number of benzene rings is 1. The molecule has 1 aromatic carbocycles. The van der Waals surface area contributed by atoms with Gasteiger partial charge in [0.05, 0.1) is 0 Å². The average Bonchev–Trinajstić information content (AvgIpc) is 2.30. The van der Waals surface area contributed by atoms with Crippen molar-refractivity contribution >= 4 is 11.6 Å². The van der Waals surface area contributed by atoms with Crippen molar-refractivity contribution in [2.45, 2.75) is 13.8 Å². The van der Waals surface area contributed by atoms with E-state index in [2.05, 4.69) is 9.97 Å². The van der Waals surface area contributed by atoms with Gasteiger partial charge < -0.3 is 4.74 Å². The highest BCUT2D eigenvalue weighted by Crippen LogP contribution is 2.27. The minimum atomic E-state index is -0.984. The third kappa shape index (κ3) is 2.56. The smallest absolute Gasteiger partial charge is 0.226 e. The summed E-state index contributed by atoms with van der Waals surface area (Å²) in [5.74, 6) is -1.12. The van der Waals surface area contributed by atoms with Gasteiger partial charge in [0.1, 0.15) is 16.7 Å². The number of halogens is 3. The number of aromatic nitrogens is 2. The Hall–Kier alpha value is -1.75. The molecule has 2 aromatic rings. The standard InChI is InChI=1S/C12H9ClF2N2O/c1-6-11(13)16-7(2)17-12(6)18-8-3-4-9(14)10(15)5-8/h3-5H,1-2H3. The summed E-state index contributed by atoms with van der Waals surface area (Å²) in [5.41, 5.74) is 0.534.